The number of hydrogen-bond acceptors (Lipinski definition) is 0. The van der Waals surface area contributed by atoms with Crippen molar-refractivity contribution in [2.75, 3.05) is 27.7 Å². The van der Waals surface area contributed by atoms with Gasteiger partial charge in [0.1, 0.15) is 0 Å². The molecule has 0 radical (unpaired) electrons. The van der Waals surface area contributed by atoms with Gasteiger partial charge < -0.3 is 4.48 Å². The van der Waals surface area contributed by atoms with Crippen molar-refractivity contribution in [3.63, 3.8) is 0 Å². The molecule has 0 aliphatic carbocycles. The molecule has 0 N–H and O–H groups in total. The van der Waals surface area contributed by atoms with Gasteiger partial charge in [-0.3, -0.25) is 0 Å². The largest absolute Gasteiger partial charge is 0.331 e. The lowest BCUT2D eigenvalue weighted by Crippen LogP contribution is -2.35. The Labute approximate surface area is 93.9 Å². The predicted octanol–water partition coefficient (Wildman–Crippen LogP) is 2.21. The monoisotopic (exact) mass is 216 g/mol. The maximum absolute atomic E-state index is 2.28. The second kappa shape index (κ2) is 8.48. The zero-order valence-electron chi connectivity index (χ0n) is 10.8. The second-order valence-electron chi connectivity index (χ2n) is 5.49. The third kappa shape index (κ3) is 12.2. The lowest BCUT2D eigenvalue weighted by atomic mass is 10.1. The van der Waals surface area contributed by atoms with Crippen LogP contribution >= 0.6 is 0 Å². The molecule has 0 saturated carbocycles. The van der Waals surface area contributed by atoms with Crippen LogP contribution in [0.2, 0.25) is 6.04 Å². The Hall–Kier alpha value is 0.177. The third-order valence-corrected chi connectivity index (χ3v) is 3.39. The topological polar surface area (TPSA) is 0 Å². The molecule has 0 heterocycles. The lowest BCUT2D eigenvalue weighted by Gasteiger charge is -2.23. The SMILES string of the molecule is C[N+](C)(C)CCCCCCCCC[SiH3]. The smallest absolute Gasteiger partial charge is 0.0780 e. The van der Waals surface area contributed by atoms with Crippen molar-refractivity contribution in [2.24, 2.45) is 0 Å². The average Bonchev–Trinajstić information content (AvgIpc) is 2.08. The number of hydrogen-bond donors (Lipinski definition) is 0. The fourth-order valence-electron chi connectivity index (χ4n) is 1.72. The van der Waals surface area contributed by atoms with E-state index in [9.17, 15) is 0 Å². The van der Waals surface area contributed by atoms with E-state index in [2.05, 4.69) is 21.1 Å². The quantitative estimate of drug-likeness (QED) is 0.315. The molecular formula is C12H30NSi+. The number of quaternary nitrogens is 1. The predicted molar refractivity (Wildman–Crippen MR) is 70.0 cm³/mol. The molecule has 1 nitrogen and oxygen atoms in total. The van der Waals surface area contributed by atoms with Gasteiger partial charge in [0, 0.05) is 10.2 Å². The molecule has 0 aromatic rings. The molecule has 0 amide bonds. The Kier molecular flexibility index (Phi) is 8.59. The summed E-state index contributed by atoms with van der Waals surface area (Å²) < 4.78 is 1.13. The minimum absolute atomic E-state index is 1.13. The highest BCUT2D eigenvalue weighted by atomic mass is 28.1. The van der Waals surface area contributed by atoms with Crippen LogP contribution in [0.3, 0.4) is 0 Å². The van der Waals surface area contributed by atoms with E-state index >= 15 is 0 Å². The number of rotatable bonds is 9. The van der Waals surface area contributed by atoms with Crippen LogP contribution < -0.4 is 0 Å². The first-order chi connectivity index (χ1) is 6.56. The van der Waals surface area contributed by atoms with E-state index in [1.807, 2.05) is 0 Å². The molecule has 0 bridgehead atoms. The summed E-state index contributed by atoms with van der Waals surface area (Å²) in [6.45, 7) is 1.33. The highest BCUT2D eigenvalue weighted by Gasteiger charge is 2.04. The molecule has 0 aliphatic rings. The summed E-state index contributed by atoms with van der Waals surface area (Å²) in [4.78, 5) is 0. The summed E-state index contributed by atoms with van der Waals surface area (Å²) >= 11 is 0. The van der Waals surface area contributed by atoms with Crippen molar-refractivity contribution >= 4 is 10.2 Å². The summed E-state index contributed by atoms with van der Waals surface area (Å²) in [6.07, 6.45) is 10.2. The Balaban J connectivity index is 2.99. The Morgan fingerprint density at radius 2 is 1.14 bits per heavy atom. The fraction of sp³-hybridized carbons (Fsp3) is 1.00. The van der Waals surface area contributed by atoms with Crippen molar-refractivity contribution in [3.05, 3.63) is 0 Å². The Morgan fingerprint density at radius 1 is 0.714 bits per heavy atom. The third-order valence-electron chi connectivity index (χ3n) is 2.68. The van der Waals surface area contributed by atoms with Gasteiger partial charge in [-0.25, -0.2) is 0 Å². The minimum Gasteiger partial charge on any atom is -0.331 e. The van der Waals surface area contributed by atoms with Crippen molar-refractivity contribution < 1.29 is 4.48 Å². The van der Waals surface area contributed by atoms with E-state index in [-0.39, 0.29) is 0 Å². The van der Waals surface area contributed by atoms with Crippen LogP contribution in [0.1, 0.15) is 44.9 Å². The first-order valence-electron chi connectivity index (χ1n) is 6.36. The molecule has 86 valence electrons. The second-order valence-corrected chi connectivity index (χ2v) is 6.49. The molecule has 14 heavy (non-hydrogen) atoms. The first kappa shape index (κ1) is 14.2. The maximum atomic E-state index is 2.28. The zero-order chi connectivity index (χ0) is 10.9. The number of unbranched alkanes of at least 4 members (excludes halogenated alkanes) is 6. The van der Waals surface area contributed by atoms with Gasteiger partial charge in [0.05, 0.1) is 27.7 Å². The van der Waals surface area contributed by atoms with Crippen molar-refractivity contribution in [3.8, 4) is 0 Å². The molecular weight excluding hydrogens is 186 g/mol. The molecule has 0 fully saturated rings. The van der Waals surface area contributed by atoms with E-state index in [4.69, 9.17) is 0 Å². The fourth-order valence-corrected chi connectivity index (χ4v) is 2.22. The van der Waals surface area contributed by atoms with Crippen LogP contribution in [0.25, 0.3) is 0 Å². The van der Waals surface area contributed by atoms with Crippen molar-refractivity contribution in [2.45, 2.75) is 51.0 Å². The zero-order valence-corrected chi connectivity index (χ0v) is 12.8. The average molecular weight is 216 g/mol. The first-order valence-corrected chi connectivity index (χ1v) is 7.78. The van der Waals surface area contributed by atoms with Gasteiger partial charge in [0.2, 0.25) is 0 Å². The summed E-state index contributed by atoms with van der Waals surface area (Å²) in [6, 6.07) is 1.50. The van der Waals surface area contributed by atoms with E-state index in [1.54, 1.807) is 0 Å². The molecule has 0 aromatic heterocycles. The summed E-state index contributed by atoms with van der Waals surface area (Å²) in [5, 5.41) is 0. The molecule has 0 rings (SSSR count). The van der Waals surface area contributed by atoms with Crippen LogP contribution in [0.5, 0.6) is 0 Å². The van der Waals surface area contributed by atoms with Crippen LogP contribution in [-0.4, -0.2) is 42.4 Å². The van der Waals surface area contributed by atoms with E-state index < -0.39 is 0 Å². The van der Waals surface area contributed by atoms with E-state index in [0.717, 1.165) is 4.48 Å². The molecule has 0 atom stereocenters. The molecule has 0 aliphatic heterocycles. The molecule has 0 aromatic carbocycles. The lowest BCUT2D eigenvalue weighted by molar-refractivity contribution is -0.870. The van der Waals surface area contributed by atoms with Gasteiger partial charge in [0.25, 0.3) is 0 Å². The van der Waals surface area contributed by atoms with Crippen LogP contribution in [0.15, 0.2) is 0 Å². The van der Waals surface area contributed by atoms with E-state index in [1.165, 1.54) is 67.8 Å². The summed E-state index contributed by atoms with van der Waals surface area (Å²) in [7, 11) is 8.25. The highest BCUT2D eigenvalue weighted by molar-refractivity contribution is 6.08. The minimum atomic E-state index is 1.13. The Morgan fingerprint density at radius 3 is 1.57 bits per heavy atom. The molecule has 2 heteroatoms. The standard InChI is InChI=1S/C12H30NSi/c1-13(2,3)11-9-7-5-4-6-8-10-12-14/h4-12H2,1-3,14H3/q+1. The highest BCUT2D eigenvalue weighted by Crippen LogP contribution is 2.08. The van der Waals surface area contributed by atoms with Crippen molar-refractivity contribution in [1.29, 1.82) is 0 Å². The van der Waals surface area contributed by atoms with Gasteiger partial charge in [0.15, 0.2) is 0 Å². The summed E-state index contributed by atoms with van der Waals surface area (Å²) in [5.41, 5.74) is 0. The Bertz CT molecular complexity index is 118. The van der Waals surface area contributed by atoms with Crippen molar-refractivity contribution in [1.82, 2.24) is 0 Å². The molecule has 0 unspecified atom stereocenters. The van der Waals surface area contributed by atoms with Gasteiger partial charge >= 0.3 is 0 Å². The number of nitrogens with zero attached hydrogens (tertiary/aromatic N) is 1. The molecule has 0 saturated heterocycles. The van der Waals surface area contributed by atoms with Gasteiger partial charge in [-0.2, -0.15) is 0 Å². The van der Waals surface area contributed by atoms with Crippen LogP contribution in [0.4, 0.5) is 0 Å². The van der Waals surface area contributed by atoms with Gasteiger partial charge in [-0.1, -0.05) is 38.1 Å². The van der Waals surface area contributed by atoms with Gasteiger partial charge in [-0.15, -0.1) is 0 Å². The normalized spacial score (nSPS) is 12.2. The molecule has 0 spiro atoms. The van der Waals surface area contributed by atoms with Gasteiger partial charge in [-0.05, 0) is 12.8 Å². The summed E-state index contributed by atoms with van der Waals surface area (Å²) in [5.74, 6) is 0. The van der Waals surface area contributed by atoms with Crippen LogP contribution in [-0.2, 0) is 0 Å². The van der Waals surface area contributed by atoms with E-state index in [0.29, 0.717) is 0 Å². The maximum Gasteiger partial charge on any atom is 0.0780 e. The van der Waals surface area contributed by atoms with Crippen LogP contribution in [0, 0.1) is 0 Å².